The normalized spacial score (nSPS) is 9.33. The fourth-order valence-corrected chi connectivity index (χ4v) is 1.47. The molecule has 15 heavy (non-hydrogen) atoms. The molecule has 3 heteroatoms. The van der Waals surface area contributed by atoms with Gasteiger partial charge in [-0.05, 0) is 17.7 Å². The number of carbonyl (C=O) groups excluding carboxylic acids is 1. The van der Waals surface area contributed by atoms with E-state index in [1.807, 2.05) is 24.3 Å². The fraction of sp³-hybridized carbons (Fsp3) is 0.250. The zero-order valence-corrected chi connectivity index (χ0v) is 9.88. The number of nitrogens with one attached hydrogen (secondary N) is 1. The van der Waals surface area contributed by atoms with Crippen LogP contribution in [0.3, 0.4) is 0 Å². The van der Waals surface area contributed by atoms with E-state index in [9.17, 15) is 4.79 Å². The first-order chi connectivity index (χ1) is 7.27. The third-order valence-electron chi connectivity index (χ3n) is 1.93. The van der Waals surface area contributed by atoms with Gasteiger partial charge in [0.1, 0.15) is 0 Å². The van der Waals surface area contributed by atoms with Gasteiger partial charge in [0.15, 0.2) is 0 Å². The second-order valence-electron chi connectivity index (χ2n) is 3.04. The Labute approximate surface area is 98.2 Å². The van der Waals surface area contributed by atoms with Crippen molar-refractivity contribution in [2.45, 2.75) is 11.8 Å². The number of benzene rings is 1. The Bertz CT molecular complexity index is 364. The number of hydrogen-bond donors (Lipinski definition) is 1. The van der Waals surface area contributed by atoms with Crippen molar-refractivity contribution in [3.63, 3.8) is 0 Å². The Balaban J connectivity index is 2.55. The first-order valence-corrected chi connectivity index (χ1v) is 5.76. The first-order valence-electron chi connectivity index (χ1n) is 4.64. The van der Waals surface area contributed by atoms with Gasteiger partial charge < -0.3 is 5.32 Å². The summed E-state index contributed by atoms with van der Waals surface area (Å²) in [6, 6.07) is 7.46. The van der Waals surface area contributed by atoms with Gasteiger partial charge in [-0.3, -0.25) is 4.79 Å². The molecule has 0 radical (unpaired) electrons. The Morgan fingerprint density at radius 2 is 2.07 bits per heavy atom. The Morgan fingerprint density at radius 1 is 1.40 bits per heavy atom. The van der Waals surface area contributed by atoms with E-state index in [-0.39, 0.29) is 5.91 Å². The fourth-order valence-electron chi connectivity index (χ4n) is 1.10. The summed E-state index contributed by atoms with van der Waals surface area (Å²) in [6.07, 6.45) is 5.65. The van der Waals surface area contributed by atoms with E-state index >= 15 is 0 Å². The molecule has 1 rings (SSSR count). The van der Waals surface area contributed by atoms with Crippen LogP contribution in [-0.2, 0) is 5.33 Å². The molecule has 1 aromatic carbocycles. The van der Waals surface area contributed by atoms with E-state index in [4.69, 9.17) is 6.42 Å². The van der Waals surface area contributed by atoms with Crippen LogP contribution in [0, 0.1) is 12.3 Å². The van der Waals surface area contributed by atoms with Crippen LogP contribution in [0.2, 0.25) is 0 Å². The van der Waals surface area contributed by atoms with Crippen LogP contribution in [0.25, 0.3) is 0 Å². The second kappa shape index (κ2) is 6.26. The number of terminal acetylenes is 1. The average Bonchev–Trinajstić information content (AvgIpc) is 2.29. The van der Waals surface area contributed by atoms with Gasteiger partial charge in [-0.25, -0.2) is 0 Å². The molecule has 0 bridgehead atoms. The van der Waals surface area contributed by atoms with Gasteiger partial charge in [-0.2, -0.15) is 0 Å². The minimum Gasteiger partial charge on any atom is -0.351 e. The number of amides is 1. The molecule has 0 saturated carbocycles. The highest BCUT2D eigenvalue weighted by atomic mass is 79.9. The summed E-state index contributed by atoms with van der Waals surface area (Å²) in [5.41, 5.74) is 1.81. The highest BCUT2D eigenvalue weighted by Crippen LogP contribution is 2.07. The second-order valence-corrected chi connectivity index (χ2v) is 3.60. The molecular formula is C12H12BrNO. The number of carbonyl (C=O) groups is 1. The lowest BCUT2D eigenvalue weighted by Crippen LogP contribution is -2.24. The molecule has 1 N–H and O–H groups in total. The van der Waals surface area contributed by atoms with Crippen LogP contribution < -0.4 is 5.32 Å². The molecule has 0 aliphatic carbocycles. The Hall–Kier alpha value is -1.27. The van der Waals surface area contributed by atoms with Crippen LogP contribution in [-0.4, -0.2) is 12.5 Å². The molecule has 0 spiro atoms. The Kier molecular flexibility index (Phi) is 4.92. The quantitative estimate of drug-likeness (QED) is 0.506. The van der Waals surface area contributed by atoms with Crippen LogP contribution in [0.1, 0.15) is 22.3 Å². The predicted molar refractivity (Wildman–Crippen MR) is 64.9 cm³/mol. The van der Waals surface area contributed by atoms with Crippen LogP contribution >= 0.6 is 15.9 Å². The maximum Gasteiger partial charge on any atom is 0.251 e. The third-order valence-corrected chi connectivity index (χ3v) is 2.57. The summed E-state index contributed by atoms with van der Waals surface area (Å²) in [6.45, 7) is 0.523. The summed E-state index contributed by atoms with van der Waals surface area (Å²) in [4.78, 5) is 11.5. The molecule has 0 aliphatic heterocycles. The molecule has 0 atom stereocenters. The van der Waals surface area contributed by atoms with Crippen molar-refractivity contribution in [1.82, 2.24) is 5.32 Å². The maximum atomic E-state index is 11.5. The molecule has 0 heterocycles. The lowest BCUT2D eigenvalue weighted by molar-refractivity contribution is 0.0954. The number of hydrogen-bond acceptors (Lipinski definition) is 1. The van der Waals surface area contributed by atoms with Crippen molar-refractivity contribution in [2.75, 3.05) is 6.54 Å². The van der Waals surface area contributed by atoms with Crippen molar-refractivity contribution >= 4 is 21.8 Å². The monoisotopic (exact) mass is 265 g/mol. The highest BCUT2D eigenvalue weighted by molar-refractivity contribution is 9.08. The van der Waals surface area contributed by atoms with E-state index in [0.717, 1.165) is 10.9 Å². The number of halogens is 1. The summed E-state index contributed by atoms with van der Waals surface area (Å²) in [7, 11) is 0. The standard InChI is InChI=1S/C12H12BrNO/c1-2-3-8-14-12(15)11-6-4-10(9-13)5-7-11/h1,4-7H,3,8-9H2,(H,14,15). The zero-order chi connectivity index (χ0) is 11.1. The van der Waals surface area contributed by atoms with Crippen LogP contribution in [0.4, 0.5) is 0 Å². The molecule has 0 aliphatic rings. The summed E-state index contributed by atoms with van der Waals surface area (Å²) >= 11 is 3.35. The predicted octanol–water partition coefficient (Wildman–Crippen LogP) is 2.33. The molecule has 1 aromatic rings. The minimum absolute atomic E-state index is 0.0774. The summed E-state index contributed by atoms with van der Waals surface area (Å²) < 4.78 is 0. The first kappa shape index (κ1) is 11.8. The van der Waals surface area contributed by atoms with Crippen molar-refractivity contribution in [3.05, 3.63) is 35.4 Å². The average molecular weight is 266 g/mol. The lowest BCUT2D eigenvalue weighted by Gasteiger charge is -2.03. The number of alkyl halides is 1. The molecular weight excluding hydrogens is 254 g/mol. The molecule has 0 aromatic heterocycles. The molecule has 0 unspecified atom stereocenters. The zero-order valence-electron chi connectivity index (χ0n) is 8.29. The van der Waals surface area contributed by atoms with Gasteiger partial charge in [0.2, 0.25) is 0 Å². The summed E-state index contributed by atoms with van der Waals surface area (Å²) in [5.74, 6) is 2.39. The smallest absolute Gasteiger partial charge is 0.251 e. The van der Waals surface area contributed by atoms with Gasteiger partial charge in [-0.1, -0.05) is 28.1 Å². The van der Waals surface area contributed by atoms with Crippen molar-refractivity contribution in [2.24, 2.45) is 0 Å². The van der Waals surface area contributed by atoms with Crippen molar-refractivity contribution < 1.29 is 4.79 Å². The van der Waals surface area contributed by atoms with Crippen LogP contribution in [0.15, 0.2) is 24.3 Å². The van der Waals surface area contributed by atoms with Gasteiger partial charge >= 0.3 is 0 Å². The van der Waals surface area contributed by atoms with Crippen LogP contribution in [0.5, 0.6) is 0 Å². The van der Waals surface area contributed by atoms with E-state index in [0.29, 0.717) is 18.5 Å². The Morgan fingerprint density at radius 3 is 2.60 bits per heavy atom. The van der Waals surface area contributed by atoms with E-state index in [2.05, 4.69) is 27.2 Å². The summed E-state index contributed by atoms with van der Waals surface area (Å²) in [5, 5.41) is 3.54. The third kappa shape index (κ3) is 3.77. The van der Waals surface area contributed by atoms with Crippen molar-refractivity contribution in [3.8, 4) is 12.3 Å². The van der Waals surface area contributed by atoms with E-state index in [1.54, 1.807) is 0 Å². The topological polar surface area (TPSA) is 29.1 Å². The SMILES string of the molecule is C#CCCNC(=O)c1ccc(CBr)cc1. The van der Waals surface area contributed by atoms with E-state index < -0.39 is 0 Å². The van der Waals surface area contributed by atoms with Gasteiger partial charge in [-0.15, -0.1) is 12.3 Å². The molecule has 1 amide bonds. The highest BCUT2D eigenvalue weighted by Gasteiger charge is 2.03. The van der Waals surface area contributed by atoms with Gasteiger partial charge in [0.05, 0.1) is 0 Å². The molecule has 0 saturated heterocycles. The van der Waals surface area contributed by atoms with Gasteiger partial charge in [0, 0.05) is 23.9 Å². The largest absolute Gasteiger partial charge is 0.351 e. The molecule has 2 nitrogen and oxygen atoms in total. The van der Waals surface area contributed by atoms with Gasteiger partial charge in [0.25, 0.3) is 5.91 Å². The van der Waals surface area contributed by atoms with Crippen molar-refractivity contribution in [1.29, 1.82) is 0 Å². The molecule has 78 valence electrons. The molecule has 0 fully saturated rings. The maximum absolute atomic E-state index is 11.5. The lowest BCUT2D eigenvalue weighted by atomic mass is 10.1. The minimum atomic E-state index is -0.0774. The number of rotatable bonds is 4. The van der Waals surface area contributed by atoms with E-state index in [1.165, 1.54) is 0 Å².